The average molecular weight is 431 g/mol. The van der Waals surface area contributed by atoms with Gasteiger partial charge in [-0.25, -0.2) is 0 Å². The number of hydrogen-bond acceptors (Lipinski definition) is 6. The lowest BCUT2D eigenvalue weighted by Gasteiger charge is -2.08. The van der Waals surface area contributed by atoms with Crippen molar-refractivity contribution in [2.75, 3.05) is 14.2 Å². The summed E-state index contributed by atoms with van der Waals surface area (Å²) in [7, 11) is 3.25. The van der Waals surface area contributed by atoms with Gasteiger partial charge in [0.15, 0.2) is 5.82 Å². The molecule has 2 aromatic carbocycles. The summed E-state index contributed by atoms with van der Waals surface area (Å²) in [6.45, 7) is 2.11. The first-order valence-electron chi connectivity index (χ1n) is 9.22. The zero-order valence-electron chi connectivity index (χ0n) is 16.6. The van der Waals surface area contributed by atoms with E-state index in [0.29, 0.717) is 5.75 Å². The van der Waals surface area contributed by atoms with Gasteiger partial charge in [0.1, 0.15) is 11.5 Å². The highest BCUT2D eigenvalue weighted by molar-refractivity contribution is 7.98. The molecule has 0 fully saturated rings. The molecule has 0 saturated carbocycles. The zero-order chi connectivity index (χ0) is 20.6. The Morgan fingerprint density at radius 2 is 1.90 bits per heavy atom. The molecule has 0 N–H and O–H groups in total. The summed E-state index contributed by atoms with van der Waals surface area (Å²) in [6.07, 6.45) is 3.51. The lowest BCUT2D eigenvalue weighted by atomic mass is 10.2. The number of halogens is 1. The highest BCUT2D eigenvalue weighted by Crippen LogP contribution is 2.25. The summed E-state index contributed by atoms with van der Waals surface area (Å²) < 4.78 is 12.5. The van der Waals surface area contributed by atoms with Crippen molar-refractivity contribution in [3.8, 4) is 11.5 Å². The van der Waals surface area contributed by atoms with Crippen LogP contribution in [0.25, 0.3) is 0 Å². The van der Waals surface area contributed by atoms with Gasteiger partial charge in [-0.3, -0.25) is 0 Å². The molecule has 29 heavy (non-hydrogen) atoms. The van der Waals surface area contributed by atoms with Crippen LogP contribution < -0.4 is 9.47 Å². The number of aryl methyl sites for hydroxylation is 1. The van der Waals surface area contributed by atoms with Gasteiger partial charge in [-0.05, 0) is 36.2 Å². The number of thioether (sulfide) groups is 1. The largest absolute Gasteiger partial charge is 0.497 e. The lowest BCUT2D eigenvalue weighted by Crippen LogP contribution is -2.01. The van der Waals surface area contributed by atoms with Gasteiger partial charge in [0.05, 0.1) is 20.4 Å². The highest BCUT2D eigenvalue weighted by Gasteiger charge is 2.12. The Balaban J connectivity index is 1.84. The first-order valence-corrected chi connectivity index (χ1v) is 10.6. The number of nitrogens with zero attached hydrogens (tertiary/aromatic N) is 4. The van der Waals surface area contributed by atoms with Crippen LogP contribution in [0.4, 0.5) is 0 Å². The van der Waals surface area contributed by atoms with Crippen molar-refractivity contribution in [3.63, 3.8) is 0 Å². The highest BCUT2D eigenvalue weighted by atomic mass is 35.5. The number of methoxy groups -OCH3 is 2. The van der Waals surface area contributed by atoms with Crippen molar-refractivity contribution in [2.24, 2.45) is 5.10 Å². The van der Waals surface area contributed by atoms with Crippen LogP contribution >= 0.6 is 23.4 Å². The van der Waals surface area contributed by atoms with Crippen LogP contribution in [0.2, 0.25) is 5.02 Å². The van der Waals surface area contributed by atoms with Crippen molar-refractivity contribution in [1.82, 2.24) is 14.9 Å². The molecule has 0 aliphatic heterocycles. The van der Waals surface area contributed by atoms with E-state index in [-0.39, 0.29) is 0 Å². The molecule has 0 aliphatic rings. The van der Waals surface area contributed by atoms with Crippen LogP contribution in [0.5, 0.6) is 11.5 Å². The Bertz CT molecular complexity index is 973. The van der Waals surface area contributed by atoms with E-state index in [1.807, 2.05) is 42.5 Å². The minimum atomic E-state index is 0.689. The Hall–Kier alpha value is -2.51. The summed E-state index contributed by atoms with van der Waals surface area (Å²) in [6, 6.07) is 13.4. The topological polar surface area (TPSA) is 61.5 Å². The SMILES string of the molecule is CCCc1nnc(SCc2ccc(Cl)cc2)n1/N=C/c1ccc(OC)cc1OC. The molecule has 0 bridgehead atoms. The van der Waals surface area contributed by atoms with Crippen LogP contribution in [-0.4, -0.2) is 35.3 Å². The number of hydrogen-bond donors (Lipinski definition) is 0. The molecule has 6 nitrogen and oxygen atoms in total. The predicted molar refractivity (Wildman–Crippen MR) is 118 cm³/mol. The molecule has 3 aromatic rings. The van der Waals surface area contributed by atoms with Crippen LogP contribution in [0.1, 0.15) is 30.3 Å². The second-order valence-corrected chi connectivity index (χ2v) is 7.61. The van der Waals surface area contributed by atoms with E-state index in [1.165, 1.54) is 0 Å². The smallest absolute Gasteiger partial charge is 0.212 e. The monoisotopic (exact) mass is 430 g/mol. The maximum atomic E-state index is 5.96. The fourth-order valence-corrected chi connectivity index (χ4v) is 3.64. The minimum absolute atomic E-state index is 0.689. The van der Waals surface area contributed by atoms with Crippen molar-refractivity contribution < 1.29 is 9.47 Å². The molecular weight excluding hydrogens is 408 g/mol. The average Bonchev–Trinajstić information content (AvgIpc) is 3.13. The summed E-state index contributed by atoms with van der Waals surface area (Å²) >= 11 is 7.55. The second-order valence-electron chi connectivity index (χ2n) is 6.23. The zero-order valence-corrected chi connectivity index (χ0v) is 18.2. The molecule has 3 rings (SSSR count). The third-order valence-electron chi connectivity index (χ3n) is 4.18. The van der Waals surface area contributed by atoms with Gasteiger partial charge in [-0.1, -0.05) is 42.4 Å². The first-order chi connectivity index (χ1) is 14.1. The quantitative estimate of drug-likeness (QED) is 0.350. The molecule has 1 aromatic heterocycles. The standard InChI is InChI=1S/C21H23ClN4O2S/c1-4-5-20-24-25-21(29-14-15-6-9-17(22)10-7-15)26(20)23-13-16-8-11-18(27-2)12-19(16)28-3/h6-13H,4-5,14H2,1-3H3/b23-13+. The minimum Gasteiger partial charge on any atom is -0.497 e. The van der Waals surface area contributed by atoms with Crippen molar-refractivity contribution in [3.05, 3.63) is 64.4 Å². The van der Waals surface area contributed by atoms with E-state index in [0.717, 1.165) is 51.5 Å². The van der Waals surface area contributed by atoms with Gasteiger partial charge < -0.3 is 9.47 Å². The summed E-state index contributed by atoms with van der Waals surface area (Å²) in [5, 5.41) is 14.8. The van der Waals surface area contributed by atoms with Crippen molar-refractivity contribution >= 4 is 29.6 Å². The fraction of sp³-hybridized carbons (Fsp3) is 0.286. The van der Waals surface area contributed by atoms with Crippen LogP contribution in [0.15, 0.2) is 52.7 Å². The van der Waals surface area contributed by atoms with Gasteiger partial charge in [-0.2, -0.15) is 9.78 Å². The van der Waals surface area contributed by atoms with Crippen molar-refractivity contribution in [1.29, 1.82) is 0 Å². The maximum Gasteiger partial charge on any atom is 0.212 e. The summed E-state index contributed by atoms with van der Waals surface area (Å²) in [5.41, 5.74) is 2.00. The Kier molecular flexibility index (Phi) is 7.55. The van der Waals surface area contributed by atoms with E-state index in [4.69, 9.17) is 21.1 Å². The molecule has 0 amide bonds. The normalized spacial score (nSPS) is 11.2. The van der Waals surface area contributed by atoms with Crippen LogP contribution in [0.3, 0.4) is 0 Å². The van der Waals surface area contributed by atoms with E-state index in [2.05, 4.69) is 22.2 Å². The first kappa shape index (κ1) is 21.2. The van der Waals surface area contributed by atoms with E-state index < -0.39 is 0 Å². The number of ether oxygens (including phenoxy) is 2. The number of aromatic nitrogens is 3. The third-order valence-corrected chi connectivity index (χ3v) is 5.43. The molecule has 0 spiro atoms. The fourth-order valence-electron chi connectivity index (χ4n) is 2.65. The maximum absolute atomic E-state index is 5.96. The van der Waals surface area contributed by atoms with Gasteiger partial charge >= 0.3 is 0 Å². The van der Waals surface area contributed by atoms with Gasteiger partial charge in [0, 0.05) is 28.8 Å². The lowest BCUT2D eigenvalue weighted by molar-refractivity contribution is 0.394. The molecular formula is C21H23ClN4O2S. The molecule has 152 valence electrons. The molecule has 1 heterocycles. The second kappa shape index (κ2) is 10.3. The number of rotatable bonds is 9. The predicted octanol–water partition coefficient (Wildman–Crippen LogP) is 5.08. The molecule has 0 aliphatic carbocycles. The van der Waals surface area contributed by atoms with Gasteiger partial charge in [-0.15, -0.1) is 10.2 Å². The van der Waals surface area contributed by atoms with E-state index in [1.54, 1.807) is 36.9 Å². The molecule has 0 saturated heterocycles. The molecule has 8 heteroatoms. The molecule has 0 unspecified atom stereocenters. The summed E-state index contributed by atoms with van der Waals surface area (Å²) in [4.78, 5) is 0. The van der Waals surface area contributed by atoms with E-state index >= 15 is 0 Å². The summed E-state index contributed by atoms with van der Waals surface area (Å²) in [5.74, 6) is 3.00. The Labute approximate surface area is 179 Å². The third kappa shape index (κ3) is 5.52. The van der Waals surface area contributed by atoms with Crippen LogP contribution in [-0.2, 0) is 12.2 Å². The van der Waals surface area contributed by atoms with Crippen molar-refractivity contribution in [2.45, 2.75) is 30.7 Å². The Morgan fingerprint density at radius 1 is 1.10 bits per heavy atom. The van der Waals surface area contributed by atoms with Gasteiger partial charge in [0.25, 0.3) is 0 Å². The number of benzene rings is 2. The Morgan fingerprint density at radius 3 is 2.59 bits per heavy atom. The van der Waals surface area contributed by atoms with E-state index in [9.17, 15) is 0 Å². The molecule has 0 atom stereocenters. The van der Waals surface area contributed by atoms with Gasteiger partial charge in [0.2, 0.25) is 5.16 Å². The molecule has 0 radical (unpaired) electrons. The van der Waals surface area contributed by atoms with Crippen LogP contribution in [0, 0.1) is 0 Å².